The van der Waals surface area contributed by atoms with E-state index < -0.39 is 29.1 Å². The molecule has 0 radical (unpaired) electrons. The predicted molar refractivity (Wildman–Crippen MR) is 161 cm³/mol. The van der Waals surface area contributed by atoms with Crippen molar-refractivity contribution in [3.63, 3.8) is 0 Å². The predicted octanol–water partition coefficient (Wildman–Crippen LogP) is 6.16. The SMILES string of the molecule is COC(=O)CSC(C(=O)OC1CCCNc2ccc(Cl)cc21)C(=O)c1ccc(NC(=O)c2ccccc2C)cc1C. The number of thioether (sulfide) groups is 1. The number of hydrogen-bond acceptors (Lipinski definition) is 8. The van der Waals surface area contributed by atoms with Gasteiger partial charge in [0.15, 0.2) is 11.0 Å². The Labute approximate surface area is 248 Å². The number of ketones is 1. The Hall–Kier alpha value is -3.82. The topological polar surface area (TPSA) is 111 Å². The van der Waals surface area contributed by atoms with Crippen molar-refractivity contribution in [3.8, 4) is 0 Å². The molecule has 4 rings (SSSR count). The van der Waals surface area contributed by atoms with E-state index in [1.807, 2.05) is 25.1 Å². The third kappa shape index (κ3) is 7.48. The van der Waals surface area contributed by atoms with Crippen molar-refractivity contribution in [1.29, 1.82) is 0 Å². The lowest BCUT2D eigenvalue weighted by atomic mass is 10.0. The first kappa shape index (κ1) is 30.1. The molecule has 1 aliphatic heterocycles. The molecule has 0 aliphatic carbocycles. The van der Waals surface area contributed by atoms with Gasteiger partial charge in [0, 0.05) is 39.6 Å². The zero-order valence-corrected chi connectivity index (χ0v) is 24.6. The van der Waals surface area contributed by atoms with Gasteiger partial charge in [0.25, 0.3) is 5.91 Å². The summed E-state index contributed by atoms with van der Waals surface area (Å²) >= 11 is 7.08. The molecule has 0 fully saturated rings. The van der Waals surface area contributed by atoms with Crippen molar-refractivity contribution in [3.05, 3.63) is 93.5 Å². The summed E-state index contributed by atoms with van der Waals surface area (Å²) in [6.45, 7) is 4.28. The lowest BCUT2D eigenvalue weighted by Gasteiger charge is -2.22. The summed E-state index contributed by atoms with van der Waals surface area (Å²) in [5.41, 5.74) is 4.28. The number of amides is 1. The summed E-state index contributed by atoms with van der Waals surface area (Å²) < 4.78 is 10.6. The molecule has 41 heavy (non-hydrogen) atoms. The molecule has 3 aromatic carbocycles. The van der Waals surface area contributed by atoms with E-state index in [9.17, 15) is 19.2 Å². The first-order chi connectivity index (χ1) is 19.7. The van der Waals surface area contributed by atoms with E-state index in [1.54, 1.807) is 49.4 Å². The van der Waals surface area contributed by atoms with Crippen LogP contribution in [0.15, 0.2) is 60.7 Å². The number of methoxy groups -OCH3 is 1. The van der Waals surface area contributed by atoms with Crippen LogP contribution in [0.25, 0.3) is 0 Å². The van der Waals surface area contributed by atoms with Crippen molar-refractivity contribution >= 4 is 58.4 Å². The van der Waals surface area contributed by atoms with Crippen LogP contribution in [-0.2, 0) is 19.1 Å². The van der Waals surface area contributed by atoms with Gasteiger partial charge in [0.1, 0.15) is 6.10 Å². The molecular formula is C31H31ClN2O6S. The number of ether oxygens (including phenoxy) is 2. The third-order valence-electron chi connectivity index (χ3n) is 6.76. The van der Waals surface area contributed by atoms with E-state index in [2.05, 4.69) is 10.6 Å². The van der Waals surface area contributed by atoms with Crippen molar-refractivity contribution in [2.24, 2.45) is 0 Å². The number of anilines is 2. The standard InChI is InChI=1S/C31H31ClN2O6S/c1-18-7-4-5-8-23(18)30(37)34-21-11-12-22(19(2)15-21)28(36)29(41-17-27(35)39-3)31(38)40-26-9-6-14-33-25-13-10-20(32)16-24(25)26/h4-5,7-8,10-13,15-16,26,29,33H,6,9,14,17H2,1-3H3,(H,34,37). The summed E-state index contributed by atoms with van der Waals surface area (Å²) in [5.74, 6) is -2.30. The summed E-state index contributed by atoms with van der Waals surface area (Å²) in [4.78, 5) is 51.9. The summed E-state index contributed by atoms with van der Waals surface area (Å²) in [6.07, 6.45) is 0.677. The van der Waals surface area contributed by atoms with Gasteiger partial charge in [-0.05, 0) is 80.3 Å². The fraction of sp³-hybridized carbons (Fsp3) is 0.290. The fourth-order valence-corrected chi connectivity index (χ4v) is 5.67. The molecule has 0 saturated heterocycles. The van der Waals surface area contributed by atoms with Gasteiger partial charge in [-0.25, -0.2) is 0 Å². The van der Waals surface area contributed by atoms with Crippen LogP contribution in [0.1, 0.15) is 56.4 Å². The van der Waals surface area contributed by atoms with Crippen molar-refractivity contribution in [1.82, 2.24) is 0 Å². The molecule has 0 saturated carbocycles. The second-order valence-corrected chi connectivity index (χ2v) is 11.2. The van der Waals surface area contributed by atoms with Gasteiger partial charge in [-0.2, -0.15) is 0 Å². The second kappa shape index (κ2) is 13.7. The highest BCUT2D eigenvalue weighted by Crippen LogP contribution is 2.35. The summed E-state index contributed by atoms with van der Waals surface area (Å²) in [5, 5.41) is 5.36. The van der Waals surface area contributed by atoms with Crippen LogP contribution in [0.3, 0.4) is 0 Å². The molecule has 1 amide bonds. The number of Topliss-reactive ketones (excluding diaryl/α,β-unsaturated/α-hetero) is 1. The number of nitrogens with one attached hydrogen (secondary N) is 2. The number of rotatable bonds is 9. The van der Waals surface area contributed by atoms with Crippen LogP contribution in [0, 0.1) is 13.8 Å². The van der Waals surface area contributed by atoms with Gasteiger partial charge in [-0.15, -0.1) is 11.8 Å². The van der Waals surface area contributed by atoms with E-state index >= 15 is 0 Å². The van der Waals surface area contributed by atoms with Crippen LogP contribution in [0.2, 0.25) is 5.02 Å². The molecule has 214 valence electrons. The zero-order valence-electron chi connectivity index (χ0n) is 23.0. The van der Waals surface area contributed by atoms with Crippen LogP contribution >= 0.6 is 23.4 Å². The number of carbonyl (C=O) groups excluding carboxylic acids is 4. The van der Waals surface area contributed by atoms with Crippen molar-refractivity contribution in [2.75, 3.05) is 30.0 Å². The molecule has 0 aromatic heterocycles. The van der Waals surface area contributed by atoms with Gasteiger partial charge in [0.05, 0.1) is 12.9 Å². The highest BCUT2D eigenvalue weighted by Gasteiger charge is 2.34. The Morgan fingerprint density at radius 2 is 1.80 bits per heavy atom. The normalized spacial score (nSPS) is 15.0. The number of esters is 2. The van der Waals surface area contributed by atoms with Crippen LogP contribution in [0.4, 0.5) is 11.4 Å². The maximum absolute atomic E-state index is 13.7. The first-order valence-electron chi connectivity index (χ1n) is 13.1. The Bertz CT molecular complexity index is 1480. The number of hydrogen-bond donors (Lipinski definition) is 2. The minimum atomic E-state index is -1.31. The van der Waals surface area contributed by atoms with E-state index in [0.29, 0.717) is 34.8 Å². The quantitative estimate of drug-likeness (QED) is 0.172. The lowest BCUT2D eigenvalue weighted by Crippen LogP contribution is -2.32. The van der Waals surface area contributed by atoms with E-state index in [-0.39, 0.29) is 17.2 Å². The first-order valence-corrected chi connectivity index (χ1v) is 14.5. The van der Waals surface area contributed by atoms with Crippen molar-refractivity contribution in [2.45, 2.75) is 38.0 Å². The van der Waals surface area contributed by atoms with Crippen molar-refractivity contribution < 1.29 is 28.7 Å². The summed E-state index contributed by atoms with van der Waals surface area (Å²) in [7, 11) is 1.24. The maximum Gasteiger partial charge on any atom is 0.327 e. The molecule has 3 aromatic rings. The highest BCUT2D eigenvalue weighted by molar-refractivity contribution is 8.02. The summed E-state index contributed by atoms with van der Waals surface area (Å²) in [6, 6.07) is 17.4. The number of fused-ring (bicyclic) bond motifs is 1. The monoisotopic (exact) mass is 594 g/mol. The van der Waals surface area contributed by atoms with E-state index in [0.717, 1.165) is 35.0 Å². The maximum atomic E-state index is 13.7. The van der Waals surface area contributed by atoms with Gasteiger partial charge < -0.3 is 20.1 Å². The van der Waals surface area contributed by atoms with Gasteiger partial charge in [0.2, 0.25) is 0 Å². The molecule has 2 N–H and O–H groups in total. The zero-order chi connectivity index (χ0) is 29.5. The molecule has 2 unspecified atom stereocenters. The molecule has 10 heteroatoms. The van der Waals surface area contributed by atoms with Crippen LogP contribution in [-0.4, -0.2) is 48.3 Å². The largest absolute Gasteiger partial charge is 0.468 e. The Kier molecular flexibility index (Phi) is 10.1. The Morgan fingerprint density at radius 1 is 1.02 bits per heavy atom. The van der Waals surface area contributed by atoms with Crippen LogP contribution in [0.5, 0.6) is 0 Å². The minimum absolute atomic E-state index is 0.208. The Morgan fingerprint density at radius 3 is 2.54 bits per heavy atom. The number of halogens is 1. The number of benzene rings is 3. The molecule has 2 atom stereocenters. The molecular weight excluding hydrogens is 564 g/mol. The average molecular weight is 595 g/mol. The van der Waals surface area contributed by atoms with E-state index in [1.165, 1.54) is 7.11 Å². The van der Waals surface area contributed by atoms with Gasteiger partial charge >= 0.3 is 11.9 Å². The number of aryl methyl sites for hydroxylation is 2. The smallest absolute Gasteiger partial charge is 0.327 e. The van der Waals surface area contributed by atoms with E-state index in [4.69, 9.17) is 21.1 Å². The lowest BCUT2D eigenvalue weighted by molar-refractivity contribution is -0.148. The Balaban J connectivity index is 1.56. The minimum Gasteiger partial charge on any atom is -0.468 e. The second-order valence-electron chi connectivity index (χ2n) is 9.66. The van der Waals surface area contributed by atoms with Crippen LogP contribution < -0.4 is 10.6 Å². The molecule has 1 heterocycles. The molecule has 0 bridgehead atoms. The molecule has 1 aliphatic rings. The number of carbonyl (C=O) groups is 4. The van der Waals surface area contributed by atoms with Gasteiger partial charge in [-0.3, -0.25) is 19.2 Å². The molecule has 8 nitrogen and oxygen atoms in total. The fourth-order valence-electron chi connectivity index (χ4n) is 4.60. The van der Waals surface area contributed by atoms with Gasteiger partial charge in [-0.1, -0.05) is 29.8 Å². The molecule has 0 spiro atoms. The third-order valence-corrected chi connectivity index (χ3v) is 8.14. The average Bonchev–Trinajstić information content (AvgIpc) is 3.14. The highest BCUT2D eigenvalue weighted by atomic mass is 35.5.